The van der Waals surface area contributed by atoms with Crippen molar-refractivity contribution in [3.05, 3.63) is 18.0 Å². The summed E-state index contributed by atoms with van der Waals surface area (Å²) in [6.45, 7) is 9.50. The molecule has 0 unspecified atom stereocenters. The van der Waals surface area contributed by atoms with Gasteiger partial charge in [-0.15, -0.1) is 12.6 Å². The third kappa shape index (κ3) is 7.37. The molecule has 0 aromatic heterocycles. The van der Waals surface area contributed by atoms with Crippen molar-refractivity contribution < 1.29 is 33.5 Å². The number of piperazine rings is 1. The summed E-state index contributed by atoms with van der Waals surface area (Å²) in [6, 6.07) is 0.236. The van der Waals surface area contributed by atoms with Crippen LogP contribution in [0.2, 0.25) is 0 Å². The third-order valence-corrected chi connectivity index (χ3v) is 3.42. The SMILES string of the molecule is C=CCOC(=O)N1C[C@@H](CC(C)C)[N-]C[C@@H]1CCCO.[Li+]. The second kappa shape index (κ2) is 11.1. The summed E-state index contributed by atoms with van der Waals surface area (Å²) >= 11 is 0. The van der Waals surface area contributed by atoms with Crippen LogP contribution in [0.4, 0.5) is 4.79 Å². The first-order valence-corrected chi connectivity index (χ1v) is 7.40. The van der Waals surface area contributed by atoms with Crippen molar-refractivity contribution in [2.45, 2.75) is 45.2 Å². The van der Waals surface area contributed by atoms with E-state index >= 15 is 0 Å². The van der Waals surface area contributed by atoms with E-state index in [-0.39, 0.29) is 50.3 Å². The van der Waals surface area contributed by atoms with Crippen LogP contribution in [0.3, 0.4) is 0 Å². The minimum absolute atomic E-state index is 0. The van der Waals surface area contributed by atoms with E-state index in [9.17, 15) is 4.79 Å². The molecule has 1 rings (SSSR count). The van der Waals surface area contributed by atoms with Crippen LogP contribution in [0.25, 0.3) is 5.32 Å². The Labute approximate surface area is 140 Å². The number of carbonyl (C=O) groups is 1. The summed E-state index contributed by atoms with van der Waals surface area (Å²) in [5, 5.41) is 13.6. The molecule has 0 radical (unpaired) electrons. The normalized spacial score (nSPS) is 21.8. The first-order valence-electron chi connectivity index (χ1n) is 7.40. The number of rotatable bonds is 7. The first kappa shape index (κ1) is 20.5. The van der Waals surface area contributed by atoms with Gasteiger partial charge >= 0.3 is 25.0 Å². The molecule has 1 aliphatic heterocycles. The molecule has 2 atom stereocenters. The van der Waals surface area contributed by atoms with Crippen LogP contribution < -0.4 is 18.9 Å². The molecule has 0 spiro atoms. The maximum absolute atomic E-state index is 12.1. The molecule has 5 nitrogen and oxygen atoms in total. The van der Waals surface area contributed by atoms with Gasteiger partial charge in [-0.3, -0.25) is 0 Å². The molecule has 0 bridgehead atoms. The number of nitrogens with zero attached hydrogens (tertiary/aromatic N) is 2. The number of carbonyl (C=O) groups excluding carboxylic acids is 1. The number of aliphatic hydroxyl groups is 1. The fourth-order valence-electron chi connectivity index (χ4n) is 2.51. The molecule has 1 aliphatic rings. The van der Waals surface area contributed by atoms with Crippen LogP contribution in [0.1, 0.15) is 33.1 Å². The number of aliphatic hydroxyl groups excluding tert-OH is 1. The molecule has 0 aliphatic carbocycles. The summed E-state index contributed by atoms with van der Waals surface area (Å²) in [4.78, 5) is 13.9. The van der Waals surface area contributed by atoms with E-state index in [1.54, 1.807) is 11.0 Å². The molecule has 1 saturated heterocycles. The van der Waals surface area contributed by atoms with Crippen molar-refractivity contribution in [1.29, 1.82) is 0 Å². The smallest absolute Gasteiger partial charge is 0.656 e. The van der Waals surface area contributed by atoms with Crippen molar-refractivity contribution in [2.24, 2.45) is 5.92 Å². The minimum atomic E-state index is -0.295. The van der Waals surface area contributed by atoms with Gasteiger partial charge in [0.15, 0.2) is 0 Å². The number of hydrogen-bond donors (Lipinski definition) is 1. The Morgan fingerprint density at radius 1 is 1.57 bits per heavy atom. The zero-order valence-corrected chi connectivity index (χ0v) is 13.6. The van der Waals surface area contributed by atoms with Gasteiger partial charge in [0.25, 0.3) is 0 Å². The quantitative estimate of drug-likeness (QED) is 0.511. The molecular formula is C15H27LiN2O3. The monoisotopic (exact) mass is 290 g/mol. The van der Waals surface area contributed by atoms with Crippen molar-refractivity contribution >= 4 is 6.09 Å². The van der Waals surface area contributed by atoms with Gasteiger partial charge in [0.2, 0.25) is 0 Å². The van der Waals surface area contributed by atoms with Gasteiger partial charge in [-0.2, -0.15) is 0 Å². The molecule has 1 fully saturated rings. The molecule has 1 amide bonds. The Hall–Kier alpha value is -0.473. The van der Waals surface area contributed by atoms with Crippen molar-refractivity contribution in [1.82, 2.24) is 4.90 Å². The van der Waals surface area contributed by atoms with E-state index < -0.39 is 0 Å². The minimum Gasteiger partial charge on any atom is -0.656 e. The van der Waals surface area contributed by atoms with Crippen molar-refractivity contribution in [3.8, 4) is 0 Å². The van der Waals surface area contributed by atoms with Gasteiger partial charge < -0.3 is 20.1 Å². The molecule has 0 saturated carbocycles. The van der Waals surface area contributed by atoms with Crippen LogP contribution in [-0.2, 0) is 4.74 Å². The Balaban J connectivity index is 0.00000400. The second-order valence-electron chi connectivity index (χ2n) is 5.69. The first-order chi connectivity index (χ1) is 9.58. The number of hydrogen-bond acceptors (Lipinski definition) is 3. The fraction of sp³-hybridized carbons (Fsp3) is 0.800. The Bertz CT molecular complexity index is 313. The Morgan fingerprint density at radius 3 is 2.86 bits per heavy atom. The van der Waals surface area contributed by atoms with Gasteiger partial charge in [0.1, 0.15) is 6.61 Å². The third-order valence-electron chi connectivity index (χ3n) is 3.42. The van der Waals surface area contributed by atoms with E-state index in [2.05, 4.69) is 25.7 Å². The van der Waals surface area contributed by atoms with Gasteiger partial charge in [-0.25, -0.2) is 4.79 Å². The molecule has 21 heavy (non-hydrogen) atoms. The molecule has 0 aromatic carbocycles. The topological polar surface area (TPSA) is 63.9 Å². The molecule has 6 heteroatoms. The van der Waals surface area contributed by atoms with Crippen LogP contribution in [0.5, 0.6) is 0 Å². The van der Waals surface area contributed by atoms with Crippen LogP contribution in [0, 0.1) is 5.92 Å². The maximum atomic E-state index is 12.1. The van der Waals surface area contributed by atoms with Gasteiger partial charge in [-0.05, 0) is 18.8 Å². The molecule has 116 valence electrons. The van der Waals surface area contributed by atoms with Crippen molar-refractivity contribution in [3.63, 3.8) is 0 Å². The van der Waals surface area contributed by atoms with Gasteiger partial charge in [0.05, 0.1) is 0 Å². The predicted octanol–water partition coefficient (Wildman–Crippen LogP) is -0.442. The van der Waals surface area contributed by atoms with Crippen molar-refractivity contribution in [2.75, 3.05) is 26.3 Å². The predicted molar refractivity (Wildman–Crippen MR) is 79.8 cm³/mol. The van der Waals surface area contributed by atoms with E-state index in [0.29, 0.717) is 25.4 Å². The second-order valence-corrected chi connectivity index (χ2v) is 5.69. The summed E-state index contributed by atoms with van der Waals surface area (Å²) in [5.41, 5.74) is 0. The number of ether oxygens (including phenoxy) is 1. The largest absolute Gasteiger partial charge is 1.00 e. The maximum Gasteiger partial charge on any atom is 1.00 e. The zero-order chi connectivity index (χ0) is 15.0. The standard InChI is InChI=1S/C15H27N2O3.Li/c1-4-8-20-15(19)17-11-13(9-12(2)3)16-10-14(17)6-5-7-18;/h4,12-14,18H,1,5-11H2,2-3H3;/q-1;+1/t13-,14+;/m1./s1. The van der Waals surface area contributed by atoms with Gasteiger partial charge in [-0.1, -0.05) is 32.9 Å². The van der Waals surface area contributed by atoms with E-state index in [1.807, 2.05) is 0 Å². The average Bonchev–Trinajstić information content (AvgIpc) is 2.42. The molecule has 0 aromatic rings. The van der Waals surface area contributed by atoms with Crippen LogP contribution in [0.15, 0.2) is 12.7 Å². The summed E-state index contributed by atoms with van der Waals surface area (Å²) < 4.78 is 5.16. The summed E-state index contributed by atoms with van der Waals surface area (Å²) in [7, 11) is 0. The Kier molecular flexibility index (Phi) is 10.9. The summed E-state index contributed by atoms with van der Waals surface area (Å²) in [5.74, 6) is 0.559. The van der Waals surface area contributed by atoms with E-state index in [0.717, 1.165) is 12.8 Å². The fourth-order valence-corrected chi connectivity index (χ4v) is 2.51. The molecule has 1 heterocycles. The average molecular weight is 290 g/mol. The Morgan fingerprint density at radius 2 is 2.29 bits per heavy atom. The molecular weight excluding hydrogens is 263 g/mol. The van der Waals surface area contributed by atoms with E-state index in [4.69, 9.17) is 9.84 Å². The summed E-state index contributed by atoms with van der Waals surface area (Å²) in [6.07, 6.45) is 3.70. The van der Waals surface area contributed by atoms with E-state index in [1.165, 1.54) is 0 Å². The number of amides is 1. The van der Waals surface area contributed by atoms with Crippen LogP contribution >= 0.6 is 0 Å². The molecule has 1 N–H and O–H groups in total. The van der Waals surface area contributed by atoms with Crippen LogP contribution in [-0.4, -0.2) is 54.5 Å². The van der Waals surface area contributed by atoms with Gasteiger partial charge in [0, 0.05) is 19.2 Å². The zero-order valence-electron chi connectivity index (χ0n) is 13.6.